The molecule has 1 unspecified atom stereocenters. The Morgan fingerprint density at radius 1 is 1.25 bits per heavy atom. The van der Waals surface area contributed by atoms with Gasteiger partial charge in [-0.15, -0.1) is 11.3 Å². The van der Waals surface area contributed by atoms with Crippen LogP contribution >= 0.6 is 11.3 Å². The summed E-state index contributed by atoms with van der Waals surface area (Å²) in [6, 6.07) is 10.4. The Hall–Kier alpha value is -1.58. The van der Waals surface area contributed by atoms with E-state index in [1.54, 1.807) is 0 Å². The molecule has 3 aromatic rings. The number of nitrogens with two attached hydrogens (primary N) is 1. The van der Waals surface area contributed by atoms with Gasteiger partial charge in [0, 0.05) is 15.1 Å². The summed E-state index contributed by atoms with van der Waals surface area (Å²) in [5.41, 5.74) is 10.0. The molecule has 102 valence electrons. The normalized spacial score (nSPS) is 15.7. The summed E-state index contributed by atoms with van der Waals surface area (Å²) in [5.74, 6) is 0.870. The van der Waals surface area contributed by atoms with Gasteiger partial charge < -0.3 is 10.2 Å². The van der Waals surface area contributed by atoms with Gasteiger partial charge in [0.2, 0.25) is 0 Å². The molecule has 2 aromatic heterocycles. The van der Waals surface area contributed by atoms with Gasteiger partial charge in [0.15, 0.2) is 0 Å². The summed E-state index contributed by atoms with van der Waals surface area (Å²) in [7, 11) is 0. The Kier molecular flexibility index (Phi) is 2.72. The summed E-state index contributed by atoms with van der Waals surface area (Å²) in [5, 5.41) is 1.14. The van der Waals surface area contributed by atoms with E-state index in [-0.39, 0.29) is 6.04 Å². The van der Waals surface area contributed by atoms with Crippen LogP contribution in [-0.2, 0) is 12.8 Å². The zero-order chi connectivity index (χ0) is 13.7. The number of benzene rings is 1. The van der Waals surface area contributed by atoms with Crippen molar-refractivity contribution in [2.24, 2.45) is 5.73 Å². The lowest BCUT2D eigenvalue weighted by molar-refractivity contribution is 0.526. The van der Waals surface area contributed by atoms with Gasteiger partial charge in [0.05, 0.1) is 6.04 Å². The molecule has 2 heterocycles. The van der Waals surface area contributed by atoms with Gasteiger partial charge in [-0.05, 0) is 49.4 Å². The van der Waals surface area contributed by atoms with Crippen molar-refractivity contribution >= 4 is 22.3 Å². The summed E-state index contributed by atoms with van der Waals surface area (Å²) in [6.07, 6.45) is 3.71. The van der Waals surface area contributed by atoms with E-state index >= 15 is 0 Å². The van der Waals surface area contributed by atoms with E-state index in [0.717, 1.165) is 22.3 Å². The molecule has 2 nitrogen and oxygen atoms in total. The van der Waals surface area contributed by atoms with Gasteiger partial charge in [-0.25, -0.2) is 0 Å². The highest BCUT2D eigenvalue weighted by Gasteiger charge is 2.21. The molecule has 1 aromatic carbocycles. The van der Waals surface area contributed by atoms with Gasteiger partial charge in [0.1, 0.15) is 11.3 Å². The number of furan rings is 1. The number of aryl methyl sites for hydroxylation is 3. The fraction of sp³-hybridized carbons (Fsp3) is 0.294. The van der Waals surface area contributed by atoms with Crippen LogP contribution in [0.1, 0.15) is 39.1 Å². The third-order valence-corrected chi connectivity index (χ3v) is 5.46. The maximum Gasteiger partial charge on any atom is 0.137 e. The van der Waals surface area contributed by atoms with Gasteiger partial charge in [-0.1, -0.05) is 18.2 Å². The lowest BCUT2D eigenvalue weighted by Crippen LogP contribution is -2.08. The average Bonchev–Trinajstić information content (AvgIpc) is 3.11. The molecule has 1 aliphatic carbocycles. The van der Waals surface area contributed by atoms with Crippen molar-refractivity contribution in [1.29, 1.82) is 0 Å². The van der Waals surface area contributed by atoms with Crippen LogP contribution in [-0.4, -0.2) is 0 Å². The zero-order valence-corrected chi connectivity index (χ0v) is 12.3. The first kappa shape index (κ1) is 12.2. The molecular formula is C17H17NOS. The van der Waals surface area contributed by atoms with Gasteiger partial charge in [-0.2, -0.15) is 0 Å². The second-order valence-electron chi connectivity index (χ2n) is 5.57. The Morgan fingerprint density at radius 3 is 2.95 bits per heavy atom. The molecule has 20 heavy (non-hydrogen) atoms. The van der Waals surface area contributed by atoms with Crippen LogP contribution in [0.4, 0.5) is 0 Å². The number of hydrogen-bond acceptors (Lipinski definition) is 3. The Balaban J connectivity index is 1.75. The minimum Gasteiger partial charge on any atom is -0.459 e. The zero-order valence-electron chi connectivity index (χ0n) is 11.5. The van der Waals surface area contributed by atoms with E-state index in [2.05, 4.69) is 37.3 Å². The second kappa shape index (κ2) is 4.47. The van der Waals surface area contributed by atoms with Gasteiger partial charge >= 0.3 is 0 Å². The molecule has 0 fully saturated rings. The second-order valence-corrected chi connectivity index (χ2v) is 6.74. The number of thiophene rings is 1. The van der Waals surface area contributed by atoms with E-state index in [1.807, 2.05) is 11.3 Å². The van der Waals surface area contributed by atoms with Gasteiger partial charge in [-0.3, -0.25) is 0 Å². The van der Waals surface area contributed by atoms with Crippen LogP contribution in [0.5, 0.6) is 0 Å². The van der Waals surface area contributed by atoms with Crippen molar-refractivity contribution in [2.75, 3.05) is 0 Å². The molecule has 0 amide bonds. The van der Waals surface area contributed by atoms with E-state index in [0.29, 0.717) is 0 Å². The highest BCUT2D eigenvalue weighted by Crippen LogP contribution is 2.36. The molecular weight excluding hydrogens is 266 g/mol. The molecule has 0 aliphatic heterocycles. The third kappa shape index (κ3) is 1.81. The first-order valence-corrected chi connectivity index (χ1v) is 7.90. The maximum atomic E-state index is 6.41. The Morgan fingerprint density at radius 2 is 2.15 bits per heavy atom. The third-order valence-electron chi connectivity index (χ3n) is 4.14. The van der Waals surface area contributed by atoms with Crippen molar-refractivity contribution < 1.29 is 4.42 Å². The topological polar surface area (TPSA) is 39.2 Å². The van der Waals surface area contributed by atoms with Gasteiger partial charge in [0.25, 0.3) is 0 Å². The lowest BCUT2D eigenvalue weighted by atomic mass is 10.1. The van der Waals surface area contributed by atoms with Crippen LogP contribution in [0.15, 0.2) is 34.7 Å². The van der Waals surface area contributed by atoms with Crippen molar-refractivity contribution in [3.63, 3.8) is 0 Å². The molecule has 1 aliphatic rings. The van der Waals surface area contributed by atoms with Crippen LogP contribution < -0.4 is 5.73 Å². The van der Waals surface area contributed by atoms with Crippen LogP contribution in [0.2, 0.25) is 0 Å². The standard InChI is InChI=1S/C17H17NOS/c1-10-4-2-6-12-8-13(19-17(10)12)16(18)15-9-11-5-3-7-14(11)20-15/h2,4,6,8-9,16H,3,5,7,18H2,1H3. The first-order valence-electron chi connectivity index (χ1n) is 7.08. The molecule has 0 saturated heterocycles. The fourth-order valence-electron chi connectivity index (χ4n) is 3.03. The fourth-order valence-corrected chi connectivity index (χ4v) is 4.29. The largest absolute Gasteiger partial charge is 0.459 e. The van der Waals surface area contributed by atoms with Crippen molar-refractivity contribution in [3.8, 4) is 0 Å². The summed E-state index contributed by atoms with van der Waals surface area (Å²) >= 11 is 1.85. The predicted molar refractivity (Wildman–Crippen MR) is 83.3 cm³/mol. The van der Waals surface area contributed by atoms with E-state index < -0.39 is 0 Å². The summed E-state index contributed by atoms with van der Waals surface area (Å²) in [6.45, 7) is 2.07. The minimum atomic E-state index is -0.141. The highest BCUT2D eigenvalue weighted by molar-refractivity contribution is 7.12. The SMILES string of the molecule is Cc1cccc2cc(C(N)c3cc4c(s3)CCC4)oc12. The molecule has 0 saturated carbocycles. The molecule has 4 rings (SSSR count). The summed E-state index contributed by atoms with van der Waals surface area (Å²) in [4.78, 5) is 2.74. The molecule has 3 heteroatoms. The average molecular weight is 283 g/mol. The van der Waals surface area contributed by atoms with Crippen LogP contribution in [0.3, 0.4) is 0 Å². The monoisotopic (exact) mass is 283 g/mol. The quantitative estimate of drug-likeness (QED) is 0.760. The van der Waals surface area contributed by atoms with Crippen LogP contribution in [0, 0.1) is 6.92 Å². The van der Waals surface area contributed by atoms with E-state index in [9.17, 15) is 0 Å². The minimum absolute atomic E-state index is 0.141. The first-order chi connectivity index (χ1) is 9.72. The van der Waals surface area contributed by atoms with Crippen molar-refractivity contribution in [3.05, 3.63) is 57.0 Å². The molecule has 1 atom stereocenters. The number of hydrogen-bond donors (Lipinski definition) is 1. The maximum absolute atomic E-state index is 6.41. The van der Waals surface area contributed by atoms with E-state index in [1.165, 1.54) is 34.6 Å². The summed E-state index contributed by atoms with van der Waals surface area (Å²) < 4.78 is 6.00. The predicted octanol–water partition coefficient (Wildman–Crippen LogP) is 4.34. The Labute approximate surface area is 122 Å². The number of para-hydroxylation sites is 1. The molecule has 2 N–H and O–H groups in total. The highest BCUT2D eigenvalue weighted by atomic mass is 32.1. The van der Waals surface area contributed by atoms with E-state index in [4.69, 9.17) is 10.2 Å². The number of fused-ring (bicyclic) bond motifs is 2. The van der Waals surface area contributed by atoms with Crippen LogP contribution in [0.25, 0.3) is 11.0 Å². The molecule has 0 bridgehead atoms. The smallest absolute Gasteiger partial charge is 0.137 e. The number of rotatable bonds is 2. The van der Waals surface area contributed by atoms with Crippen molar-refractivity contribution in [1.82, 2.24) is 0 Å². The molecule has 0 radical (unpaired) electrons. The van der Waals surface area contributed by atoms with Crippen molar-refractivity contribution in [2.45, 2.75) is 32.2 Å². The lowest BCUT2D eigenvalue weighted by Gasteiger charge is -2.05. The molecule has 0 spiro atoms. The Bertz CT molecular complexity index is 762.